The van der Waals surface area contributed by atoms with Crippen LogP contribution in [-0.4, -0.2) is 11.5 Å². The highest BCUT2D eigenvalue weighted by Gasteiger charge is 2.12. The number of nitro groups is 1. The van der Waals surface area contributed by atoms with Crippen molar-refractivity contribution in [2.45, 2.75) is 39.0 Å². The third kappa shape index (κ3) is 7.50. The fraction of sp³-hybridized carbons (Fsp3) is 0.800. The fourth-order valence-electron chi connectivity index (χ4n) is 1.41. The van der Waals surface area contributed by atoms with E-state index >= 15 is 0 Å². The van der Waals surface area contributed by atoms with E-state index in [1.807, 2.05) is 0 Å². The van der Waals surface area contributed by atoms with E-state index in [-0.39, 0.29) is 17.4 Å². The molecule has 13 heavy (non-hydrogen) atoms. The Morgan fingerprint density at radius 1 is 1.54 bits per heavy atom. The lowest BCUT2D eigenvalue weighted by molar-refractivity contribution is -0.488. The highest BCUT2D eigenvalue weighted by Crippen LogP contribution is 2.14. The Labute approximate surface area is 80.0 Å². The van der Waals surface area contributed by atoms with Gasteiger partial charge < -0.3 is 0 Å². The van der Waals surface area contributed by atoms with E-state index in [1.54, 1.807) is 6.08 Å². The summed E-state index contributed by atoms with van der Waals surface area (Å²) in [5.74, 6) is 0.194. The van der Waals surface area contributed by atoms with Crippen LogP contribution in [0.4, 0.5) is 0 Å². The van der Waals surface area contributed by atoms with Gasteiger partial charge in [0.25, 0.3) is 0 Å². The van der Waals surface area contributed by atoms with Crippen LogP contribution in [0, 0.1) is 16.0 Å². The molecular weight excluding hydrogens is 166 g/mol. The fourth-order valence-corrected chi connectivity index (χ4v) is 1.41. The molecule has 0 aliphatic rings. The highest BCUT2D eigenvalue weighted by atomic mass is 16.6. The first-order valence-electron chi connectivity index (χ1n) is 4.93. The maximum atomic E-state index is 10.3. The summed E-state index contributed by atoms with van der Waals surface area (Å²) in [6.07, 6.45) is 6.94. The number of hydrogen-bond acceptors (Lipinski definition) is 2. The van der Waals surface area contributed by atoms with E-state index < -0.39 is 0 Å². The van der Waals surface area contributed by atoms with Crippen molar-refractivity contribution in [3.05, 3.63) is 22.8 Å². The molecule has 3 nitrogen and oxygen atoms in total. The molecule has 0 heterocycles. The van der Waals surface area contributed by atoms with Crippen LogP contribution in [-0.2, 0) is 0 Å². The molecule has 1 unspecified atom stereocenters. The molecule has 0 aliphatic carbocycles. The zero-order valence-electron chi connectivity index (χ0n) is 8.37. The summed E-state index contributed by atoms with van der Waals surface area (Å²) >= 11 is 0. The second-order valence-corrected chi connectivity index (χ2v) is 3.40. The van der Waals surface area contributed by atoms with E-state index in [4.69, 9.17) is 0 Å². The average molecular weight is 185 g/mol. The Hall–Kier alpha value is -0.860. The lowest BCUT2D eigenvalue weighted by Gasteiger charge is -2.09. The molecule has 1 atom stereocenters. The van der Waals surface area contributed by atoms with Crippen molar-refractivity contribution in [1.29, 1.82) is 0 Å². The van der Waals surface area contributed by atoms with Gasteiger partial charge in [-0.15, -0.1) is 6.58 Å². The van der Waals surface area contributed by atoms with Crippen molar-refractivity contribution >= 4 is 0 Å². The molecule has 76 valence electrons. The number of unbranched alkanes of at least 4 members (excludes halogenated alkanes) is 2. The zero-order chi connectivity index (χ0) is 10.1. The van der Waals surface area contributed by atoms with Gasteiger partial charge >= 0.3 is 0 Å². The van der Waals surface area contributed by atoms with Crippen molar-refractivity contribution in [3.8, 4) is 0 Å². The van der Waals surface area contributed by atoms with E-state index in [9.17, 15) is 10.1 Å². The average Bonchev–Trinajstić information content (AvgIpc) is 2.04. The van der Waals surface area contributed by atoms with Gasteiger partial charge in [0, 0.05) is 10.8 Å². The Balaban J connectivity index is 3.65. The van der Waals surface area contributed by atoms with Crippen molar-refractivity contribution < 1.29 is 4.92 Å². The minimum absolute atomic E-state index is 0.0930. The van der Waals surface area contributed by atoms with Gasteiger partial charge in [-0.05, 0) is 12.8 Å². The van der Waals surface area contributed by atoms with E-state index in [0.717, 1.165) is 19.3 Å². The largest absolute Gasteiger partial charge is 0.265 e. The first kappa shape index (κ1) is 12.1. The molecular formula is C10H19NO2. The van der Waals surface area contributed by atoms with Gasteiger partial charge in [-0.3, -0.25) is 10.1 Å². The maximum Gasteiger partial charge on any atom is 0.206 e. The summed E-state index contributed by atoms with van der Waals surface area (Å²) in [6.45, 7) is 5.84. The van der Waals surface area contributed by atoms with Crippen LogP contribution in [0.3, 0.4) is 0 Å². The third-order valence-corrected chi connectivity index (χ3v) is 2.12. The molecule has 0 spiro atoms. The predicted molar refractivity (Wildman–Crippen MR) is 54.3 cm³/mol. The Morgan fingerprint density at radius 2 is 2.23 bits per heavy atom. The molecule has 0 fully saturated rings. The topological polar surface area (TPSA) is 43.1 Å². The van der Waals surface area contributed by atoms with Crippen LogP contribution in [0.1, 0.15) is 39.0 Å². The van der Waals surface area contributed by atoms with Crippen molar-refractivity contribution in [2.24, 2.45) is 5.92 Å². The molecule has 0 bridgehead atoms. The van der Waals surface area contributed by atoms with Crippen LogP contribution in [0.25, 0.3) is 0 Å². The van der Waals surface area contributed by atoms with Crippen LogP contribution >= 0.6 is 0 Å². The first-order chi connectivity index (χ1) is 6.20. The van der Waals surface area contributed by atoms with E-state index in [0.29, 0.717) is 0 Å². The van der Waals surface area contributed by atoms with Crippen LogP contribution in [0.5, 0.6) is 0 Å². The van der Waals surface area contributed by atoms with Gasteiger partial charge in [0.2, 0.25) is 6.54 Å². The molecule has 0 aromatic rings. The van der Waals surface area contributed by atoms with Crippen molar-refractivity contribution in [2.75, 3.05) is 6.54 Å². The van der Waals surface area contributed by atoms with Gasteiger partial charge in [0.1, 0.15) is 0 Å². The third-order valence-electron chi connectivity index (χ3n) is 2.12. The molecule has 0 N–H and O–H groups in total. The summed E-state index contributed by atoms with van der Waals surface area (Å²) in [5, 5.41) is 10.3. The zero-order valence-corrected chi connectivity index (χ0v) is 8.37. The molecule has 0 aliphatic heterocycles. The summed E-state index contributed by atoms with van der Waals surface area (Å²) < 4.78 is 0. The molecule has 0 aromatic carbocycles. The monoisotopic (exact) mass is 185 g/mol. The molecule has 3 heteroatoms. The number of nitrogens with zero attached hydrogens (tertiary/aromatic N) is 1. The molecule has 0 amide bonds. The smallest absolute Gasteiger partial charge is 0.206 e. The van der Waals surface area contributed by atoms with Crippen LogP contribution < -0.4 is 0 Å². The minimum Gasteiger partial charge on any atom is -0.265 e. The van der Waals surface area contributed by atoms with Gasteiger partial charge in [0.05, 0.1) is 0 Å². The van der Waals surface area contributed by atoms with Gasteiger partial charge in [-0.2, -0.15) is 0 Å². The first-order valence-corrected chi connectivity index (χ1v) is 4.93. The summed E-state index contributed by atoms with van der Waals surface area (Å²) in [5.41, 5.74) is 0. The van der Waals surface area contributed by atoms with Gasteiger partial charge in [-0.1, -0.05) is 32.3 Å². The Kier molecular flexibility index (Phi) is 7.26. The summed E-state index contributed by atoms with van der Waals surface area (Å²) in [7, 11) is 0. The summed E-state index contributed by atoms with van der Waals surface area (Å²) in [6, 6.07) is 0. The number of rotatable bonds is 8. The van der Waals surface area contributed by atoms with Crippen LogP contribution in [0.2, 0.25) is 0 Å². The van der Waals surface area contributed by atoms with Crippen LogP contribution in [0.15, 0.2) is 12.7 Å². The normalized spacial score (nSPS) is 12.4. The van der Waals surface area contributed by atoms with Gasteiger partial charge in [-0.25, -0.2) is 0 Å². The van der Waals surface area contributed by atoms with Crippen molar-refractivity contribution in [1.82, 2.24) is 0 Å². The molecule has 0 radical (unpaired) electrons. The molecule has 0 rings (SSSR count). The Bertz CT molecular complexity index is 157. The second kappa shape index (κ2) is 7.77. The van der Waals surface area contributed by atoms with E-state index in [1.165, 1.54) is 12.8 Å². The minimum atomic E-state index is -0.222. The SMILES string of the molecule is C=CCC(CCCCC)C[N+](=O)[O-]. The lowest BCUT2D eigenvalue weighted by Crippen LogP contribution is -2.13. The van der Waals surface area contributed by atoms with E-state index in [2.05, 4.69) is 13.5 Å². The Morgan fingerprint density at radius 3 is 2.69 bits per heavy atom. The lowest BCUT2D eigenvalue weighted by atomic mass is 9.98. The molecule has 0 saturated heterocycles. The highest BCUT2D eigenvalue weighted by molar-refractivity contribution is 4.72. The van der Waals surface area contributed by atoms with Crippen molar-refractivity contribution in [3.63, 3.8) is 0 Å². The molecule has 0 saturated carbocycles. The standard InChI is InChI=1S/C10H19NO2/c1-3-5-6-8-10(7-4-2)9-11(12)13/h4,10H,2-3,5-9H2,1H3. The summed E-state index contributed by atoms with van der Waals surface area (Å²) in [4.78, 5) is 10.1. The number of allylic oxidation sites excluding steroid dienone is 1. The number of hydrogen-bond donors (Lipinski definition) is 0. The quantitative estimate of drug-likeness (QED) is 0.252. The maximum absolute atomic E-state index is 10.3. The van der Waals surface area contributed by atoms with Gasteiger partial charge in [0.15, 0.2) is 0 Å². The second-order valence-electron chi connectivity index (χ2n) is 3.40. The molecule has 0 aromatic heterocycles. The predicted octanol–water partition coefficient (Wildman–Crippen LogP) is 3.04.